The second-order valence-electron chi connectivity index (χ2n) is 7.84. The standard InChI is InChI=1S/C25H30N6O2S/c1-5-24(32)27-18-14-19(21(33-4)15-20(18)30(6-2)7-3)28-25-26-11-8-23(29-25)31-12-9-22-17(16-31)10-13-34-22/h5,8,10-11,13-15H,1,6-7,9,12,16H2,2-4H3,(H,27,32)(H,26,28,29). The third-order valence-corrected chi connectivity index (χ3v) is 6.91. The van der Waals surface area contributed by atoms with Crippen LogP contribution in [0.5, 0.6) is 5.75 Å². The summed E-state index contributed by atoms with van der Waals surface area (Å²) in [5.74, 6) is 1.69. The summed E-state index contributed by atoms with van der Waals surface area (Å²) in [6.07, 6.45) is 4.03. The van der Waals surface area contributed by atoms with Gasteiger partial charge in [0.1, 0.15) is 11.6 Å². The van der Waals surface area contributed by atoms with Gasteiger partial charge in [0.25, 0.3) is 0 Å². The molecule has 0 saturated heterocycles. The smallest absolute Gasteiger partial charge is 0.247 e. The lowest BCUT2D eigenvalue weighted by molar-refractivity contribution is -0.111. The number of aromatic nitrogens is 2. The molecule has 1 aliphatic rings. The van der Waals surface area contributed by atoms with Crippen molar-refractivity contribution in [2.45, 2.75) is 26.8 Å². The minimum Gasteiger partial charge on any atom is -0.494 e. The van der Waals surface area contributed by atoms with E-state index in [1.165, 1.54) is 16.5 Å². The molecule has 9 heteroatoms. The summed E-state index contributed by atoms with van der Waals surface area (Å²) in [5, 5.41) is 8.35. The summed E-state index contributed by atoms with van der Waals surface area (Å²) in [4.78, 5) is 27.2. The first-order valence-corrected chi connectivity index (χ1v) is 12.2. The summed E-state index contributed by atoms with van der Waals surface area (Å²) in [6.45, 7) is 11.0. The van der Waals surface area contributed by atoms with Gasteiger partial charge in [-0.1, -0.05) is 6.58 Å². The number of amides is 1. The molecule has 0 fully saturated rings. The van der Waals surface area contributed by atoms with Crippen LogP contribution in [0.3, 0.4) is 0 Å². The highest BCUT2D eigenvalue weighted by atomic mass is 32.1. The number of carbonyl (C=O) groups is 1. The van der Waals surface area contributed by atoms with E-state index in [-0.39, 0.29) is 5.91 Å². The first kappa shape index (κ1) is 23.6. The fraction of sp³-hybridized carbons (Fsp3) is 0.320. The highest BCUT2D eigenvalue weighted by Gasteiger charge is 2.20. The van der Waals surface area contributed by atoms with Crippen LogP contribution in [0.2, 0.25) is 0 Å². The molecule has 0 spiro atoms. The number of thiophene rings is 1. The monoisotopic (exact) mass is 478 g/mol. The average molecular weight is 479 g/mol. The Hall–Kier alpha value is -3.59. The van der Waals surface area contributed by atoms with E-state index in [1.54, 1.807) is 13.3 Å². The Balaban J connectivity index is 1.64. The molecule has 1 aromatic carbocycles. The Morgan fingerprint density at radius 3 is 2.85 bits per heavy atom. The first-order chi connectivity index (χ1) is 16.6. The van der Waals surface area contributed by atoms with Gasteiger partial charge < -0.3 is 25.2 Å². The van der Waals surface area contributed by atoms with Crippen LogP contribution in [-0.4, -0.2) is 42.6 Å². The third-order valence-electron chi connectivity index (χ3n) is 5.88. The predicted octanol–water partition coefficient (Wildman–Crippen LogP) is 4.82. The van der Waals surface area contributed by atoms with Crippen LogP contribution < -0.4 is 25.2 Å². The average Bonchev–Trinajstić information content (AvgIpc) is 3.34. The van der Waals surface area contributed by atoms with E-state index in [1.807, 2.05) is 29.5 Å². The van der Waals surface area contributed by atoms with Crippen molar-refractivity contribution in [3.05, 3.63) is 58.9 Å². The van der Waals surface area contributed by atoms with Crippen LogP contribution in [0.25, 0.3) is 0 Å². The number of nitrogens with zero attached hydrogens (tertiary/aromatic N) is 4. The second kappa shape index (κ2) is 10.6. The maximum Gasteiger partial charge on any atom is 0.247 e. The molecule has 178 valence electrons. The number of carbonyl (C=O) groups excluding carboxylic acids is 1. The van der Waals surface area contributed by atoms with E-state index in [2.05, 4.69) is 57.3 Å². The molecular formula is C25H30N6O2S. The molecule has 4 rings (SSSR count). The molecule has 1 aliphatic heterocycles. The number of methoxy groups -OCH3 is 1. The van der Waals surface area contributed by atoms with Gasteiger partial charge in [0.05, 0.1) is 24.2 Å². The lowest BCUT2D eigenvalue weighted by Crippen LogP contribution is -2.30. The molecule has 0 aliphatic carbocycles. The van der Waals surface area contributed by atoms with E-state index in [4.69, 9.17) is 9.72 Å². The Labute approximate surface area is 204 Å². The van der Waals surface area contributed by atoms with Crippen LogP contribution in [-0.2, 0) is 17.8 Å². The molecule has 0 atom stereocenters. The van der Waals surface area contributed by atoms with Crippen LogP contribution >= 0.6 is 11.3 Å². The lowest BCUT2D eigenvalue weighted by atomic mass is 10.1. The first-order valence-electron chi connectivity index (χ1n) is 11.4. The van der Waals surface area contributed by atoms with E-state index in [0.717, 1.165) is 44.1 Å². The van der Waals surface area contributed by atoms with Crippen molar-refractivity contribution in [2.24, 2.45) is 0 Å². The van der Waals surface area contributed by atoms with Gasteiger partial charge >= 0.3 is 0 Å². The van der Waals surface area contributed by atoms with Crippen molar-refractivity contribution in [2.75, 3.05) is 47.2 Å². The minimum absolute atomic E-state index is 0.277. The topological polar surface area (TPSA) is 82.6 Å². The fourth-order valence-electron chi connectivity index (χ4n) is 4.10. The van der Waals surface area contributed by atoms with Gasteiger partial charge in [-0.3, -0.25) is 4.79 Å². The van der Waals surface area contributed by atoms with Gasteiger partial charge in [-0.25, -0.2) is 4.98 Å². The zero-order valence-electron chi connectivity index (χ0n) is 19.8. The van der Waals surface area contributed by atoms with Gasteiger partial charge in [-0.2, -0.15) is 4.98 Å². The number of anilines is 5. The van der Waals surface area contributed by atoms with Crippen LogP contribution in [0, 0.1) is 0 Å². The fourth-order valence-corrected chi connectivity index (χ4v) is 4.99. The van der Waals surface area contributed by atoms with Gasteiger partial charge in [0.15, 0.2) is 0 Å². The molecule has 34 heavy (non-hydrogen) atoms. The Morgan fingerprint density at radius 2 is 2.12 bits per heavy atom. The molecule has 2 N–H and O–H groups in total. The van der Waals surface area contributed by atoms with Crippen LogP contribution in [0.1, 0.15) is 24.3 Å². The minimum atomic E-state index is -0.277. The van der Waals surface area contributed by atoms with Gasteiger partial charge in [-0.05, 0) is 55.5 Å². The predicted molar refractivity (Wildman–Crippen MR) is 140 cm³/mol. The van der Waals surface area contributed by atoms with Gasteiger partial charge in [-0.15, -0.1) is 11.3 Å². The number of nitrogens with one attached hydrogen (secondary N) is 2. The molecule has 3 aromatic rings. The molecule has 0 bridgehead atoms. The maximum absolute atomic E-state index is 12.1. The Kier molecular flexibility index (Phi) is 7.32. The van der Waals surface area contributed by atoms with Crippen molar-refractivity contribution < 1.29 is 9.53 Å². The van der Waals surface area contributed by atoms with E-state index >= 15 is 0 Å². The van der Waals surface area contributed by atoms with Crippen molar-refractivity contribution >= 4 is 46.1 Å². The molecule has 8 nitrogen and oxygen atoms in total. The zero-order chi connectivity index (χ0) is 24.1. The summed E-state index contributed by atoms with van der Waals surface area (Å²) in [7, 11) is 1.62. The molecule has 0 radical (unpaired) electrons. The van der Waals surface area contributed by atoms with Crippen molar-refractivity contribution in [1.29, 1.82) is 0 Å². The van der Waals surface area contributed by atoms with E-state index in [9.17, 15) is 4.79 Å². The van der Waals surface area contributed by atoms with Crippen molar-refractivity contribution in [1.82, 2.24) is 9.97 Å². The lowest BCUT2D eigenvalue weighted by Gasteiger charge is -2.28. The highest BCUT2D eigenvalue weighted by molar-refractivity contribution is 7.10. The summed E-state index contributed by atoms with van der Waals surface area (Å²) in [6, 6.07) is 7.88. The highest BCUT2D eigenvalue weighted by Crippen LogP contribution is 2.38. The molecule has 0 saturated carbocycles. The second-order valence-corrected chi connectivity index (χ2v) is 8.84. The third kappa shape index (κ3) is 4.99. The quantitative estimate of drug-likeness (QED) is 0.427. The molecule has 3 heterocycles. The Bertz CT molecular complexity index is 1170. The molecule has 0 unspecified atom stereocenters. The number of hydrogen-bond donors (Lipinski definition) is 2. The van der Waals surface area contributed by atoms with Crippen molar-refractivity contribution in [3.63, 3.8) is 0 Å². The summed E-state index contributed by atoms with van der Waals surface area (Å²) in [5.41, 5.74) is 3.56. The van der Waals surface area contributed by atoms with E-state index < -0.39 is 0 Å². The molecule has 2 aromatic heterocycles. The number of rotatable bonds is 9. The number of ether oxygens (including phenoxy) is 1. The number of benzene rings is 1. The zero-order valence-corrected chi connectivity index (χ0v) is 20.6. The number of fused-ring (bicyclic) bond motifs is 1. The van der Waals surface area contributed by atoms with Crippen molar-refractivity contribution in [3.8, 4) is 5.75 Å². The van der Waals surface area contributed by atoms with Gasteiger partial charge in [0, 0.05) is 43.3 Å². The Morgan fingerprint density at radius 1 is 1.29 bits per heavy atom. The van der Waals surface area contributed by atoms with Crippen LogP contribution in [0.4, 0.5) is 28.8 Å². The SMILES string of the molecule is C=CC(=O)Nc1cc(Nc2nccc(N3CCc4sccc4C3)n2)c(OC)cc1N(CC)CC. The van der Waals surface area contributed by atoms with E-state index in [0.29, 0.717) is 23.1 Å². The number of hydrogen-bond acceptors (Lipinski definition) is 8. The maximum atomic E-state index is 12.1. The normalized spacial score (nSPS) is 12.6. The molecule has 1 amide bonds. The largest absolute Gasteiger partial charge is 0.494 e. The summed E-state index contributed by atoms with van der Waals surface area (Å²) < 4.78 is 5.67. The van der Waals surface area contributed by atoms with Crippen LogP contribution in [0.15, 0.2) is 48.5 Å². The molecular weight excluding hydrogens is 448 g/mol. The summed E-state index contributed by atoms with van der Waals surface area (Å²) >= 11 is 1.82. The van der Waals surface area contributed by atoms with Gasteiger partial charge in [0.2, 0.25) is 11.9 Å².